The molecule has 0 saturated carbocycles. The molecule has 0 saturated heterocycles. The summed E-state index contributed by atoms with van der Waals surface area (Å²) in [5.41, 5.74) is 0. The van der Waals surface area contributed by atoms with Gasteiger partial charge in [-0.1, -0.05) is 20.8 Å². The van der Waals surface area contributed by atoms with Gasteiger partial charge in [-0.2, -0.15) is 0 Å². The van der Waals surface area contributed by atoms with E-state index in [2.05, 4.69) is 29.2 Å². The van der Waals surface area contributed by atoms with E-state index in [4.69, 9.17) is 0 Å². The molecule has 122 valence electrons. The number of nitrogens with one attached hydrogen (secondary N) is 2. The summed E-state index contributed by atoms with van der Waals surface area (Å²) in [6.07, 6.45) is 0.859. The van der Waals surface area contributed by atoms with E-state index in [1.165, 1.54) is 7.11 Å². The molecule has 3 amide bonds. The highest BCUT2D eigenvalue weighted by atomic mass is 16.5. The Morgan fingerprint density at radius 2 is 1.81 bits per heavy atom. The number of rotatable bonds is 8. The molecule has 0 aliphatic carbocycles. The van der Waals surface area contributed by atoms with E-state index in [1.54, 1.807) is 18.9 Å². The number of imide groups is 1. The number of likely N-dealkylation sites (N-methyl/N-ethyl adjacent to an activating group) is 1. The first-order valence-corrected chi connectivity index (χ1v) is 7.10. The van der Waals surface area contributed by atoms with Crippen molar-refractivity contribution in [3.8, 4) is 0 Å². The molecule has 7 heteroatoms. The van der Waals surface area contributed by atoms with Crippen LogP contribution in [-0.2, 0) is 14.3 Å². The summed E-state index contributed by atoms with van der Waals surface area (Å²) in [6.45, 7) is 6.79. The Hall–Kier alpha value is -1.63. The summed E-state index contributed by atoms with van der Waals surface area (Å²) in [7, 11) is 3.03. The number of methoxy groups -OCH3 is 1. The van der Waals surface area contributed by atoms with Crippen LogP contribution in [0.5, 0.6) is 0 Å². The van der Waals surface area contributed by atoms with E-state index in [0.29, 0.717) is 19.0 Å². The molecule has 0 aromatic rings. The van der Waals surface area contributed by atoms with Gasteiger partial charge in [-0.15, -0.1) is 0 Å². The normalized spacial score (nSPS) is 12.1. The van der Waals surface area contributed by atoms with Crippen LogP contribution in [0.3, 0.4) is 0 Å². The Morgan fingerprint density at radius 1 is 1.19 bits per heavy atom. The molecule has 1 atom stereocenters. The lowest BCUT2D eigenvalue weighted by Gasteiger charge is -2.19. The lowest BCUT2D eigenvalue weighted by Crippen LogP contribution is -2.45. The maximum atomic E-state index is 11.7. The highest BCUT2D eigenvalue weighted by molar-refractivity contribution is 5.95. The molecule has 0 heterocycles. The summed E-state index contributed by atoms with van der Waals surface area (Å²) in [4.78, 5) is 36.0. The summed E-state index contributed by atoms with van der Waals surface area (Å²) in [5.74, 6) is -0.565. The van der Waals surface area contributed by atoms with Gasteiger partial charge in [-0.05, 0) is 19.4 Å². The van der Waals surface area contributed by atoms with Crippen molar-refractivity contribution in [3.63, 3.8) is 0 Å². The number of hydrogen-bond donors (Lipinski definition) is 2. The van der Waals surface area contributed by atoms with Gasteiger partial charge in [0.25, 0.3) is 0 Å². The lowest BCUT2D eigenvalue weighted by atomic mass is 10.1. The van der Waals surface area contributed by atoms with Crippen LogP contribution in [0.25, 0.3) is 0 Å². The van der Waals surface area contributed by atoms with E-state index >= 15 is 0 Å². The molecule has 0 aliphatic heterocycles. The Morgan fingerprint density at radius 3 is 2.33 bits per heavy atom. The Bertz CT molecular complexity index is 358. The Kier molecular flexibility index (Phi) is 9.36. The molecule has 1 unspecified atom stereocenters. The predicted octanol–water partition coefficient (Wildman–Crippen LogP) is 0.599. The number of urea groups is 1. The van der Waals surface area contributed by atoms with Crippen LogP contribution in [0, 0.1) is 11.8 Å². The predicted molar refractivity (Wildman–Crippen MR) is 79.7 cm³/mol. The molecule has 0 bridgehead atoms. The molecule has 0 aromatic carbocycles. The Labute approximate surface area is 126 Å². The molecule has 0 rings (SSSR count). The zero-order valence-electron chi connectivity index (χ0n) is 13.6. The van der Waals surface area contributed by atoms with Crippen LogP contribution in [0.1, 0.15) is 27.2 Å². The van der Waals surface area contributed by atoms with Gasteiger partial charge in [0, 0.05) is 13.1 Å². The molecule has 2 N–H and O–H groups in total. The maximum Gasteiger partial charge on any atom is 0.321 e. The van der Waals surface area contributed by atoms with Crippen LogP contribution in [0.15, 0.2) is 0 Å². The van der Waals surface area contributed by atoms with Crippen molar-refractivity contribution in [2.24, 2.45) is 11.8 Å². The summed E-state index contributed by atoms with van der Waals surface area (Å²) in [6, 6.07) is -0.491. The van der Waals surface area contributed by atoms with Crippen molar-refractivity contribution in [1.82, 2.24) is 15.5 Å². The molecule has 0 fully saturated rings. The summed E-state index contributed by atoms with van der Waals surface area (Å²) >= 11 is 0. The van der Waals surface area contributed by atoms with Gasteiger partial charge < -0.3 is 10.1 Å². The van der Waals surface area contributed by atoms with Gasteiger partial charge in [-0.25, -0.2) is 4.79 Å². The number of carbonyl (C=O) groups excluding carboxylic acids is 3. The maximum absolute atomic E-state index is 11.7. The first-order chi connectivity index (χ1) is 9.76. The quantitative estimate of drug-likeness (QED) is 0.641. The first-order valence-electron chi connectivity index (χ1n) is 7.10. The van der Waals surface area contributed by atoms with Crippen LogP contribution >= 0.6 is 0 Å². The second kappa shape index (κ2) is 10.1. The summed E-state index contributed by atoms with van der Waals surface area (Å²) < 4.78 is 4.62. The minimum Gasteiger partial charge on any atom is -0.469 e. The van der Waals surface area contributed by atoms with Gasteiger partial charge in [0.1, 0.15) is 0 Å². The van der Waals surface area contributed by atoms with E-state index in [-0.39, 0.29) is 18.4 Å². The fourth-order valence-electron chi connectivity index (χ4n) is 1.74. The van der Waals surface area contributed by atoms with Crippen molar-refractivity contribution in [2.75, 3.05) is 33.8 Å². The van der Waals surface area contributed by atoms with Crippen molar-refractivity contribution in [3.05, 3.63) is 0 Å². The summed E-state index contributed by atoms with van der Waals surface area (Å²) in [5, 5.41) is 4.88. The van der Waals surface area contributed by atoms with Crippen LogP contribution in [-0.4, -0.2) is 56.6 Å². The monoisotopic (exact) mass is 301 g/mol. The SMILES string of the molecule is COC(=O)C(C)CN(C)CC(=O)NC(=O)NCCC(C)C. The molecular formula is C14H27N3O4. The zero-order valence-corrected chi connectivity index (χ0v) is 13.6. The van der Waals surface area contributed by atoms with Gasteiger partial charge in [0.15, 0.2) is 0 Å². The number of esters is 1. The second-order valence-corrected chi connectivity index (χ2v) is 5.61. The lowest BCUT2D eigenvalue weighted by molar-refractivity contribution is -0.145. The average Bonchev–Trinajstić information content (AvgIpc) is 2.36. The Balaban J connectivity index is 3.96. The minimum atomic E-state index is -0.491. The average molecular weight is 301 g/mol. The number of hydrogen-bond acceptors (Lipinski definition) is 5. The van der Waals surface area contributed by atoms with Crippen LogP contribution in [0.4, 0.5) is 4.79 Å². The third-order valence-corrected chi connectivity index (χ3v) is 2.86. The topological polar surface area (TPSA) is 87.7 Å². The number of amides is 3. The van der Waals surface area contributed by atoms with E-state index < -0.39 is 11.9 Å². The van der Waals surface area contributed by atoms with E-state index in [0.717, 1.165) is 6.42 Å². The fourth-order valence-corrected chi connectivity index (χ4v) is 1.74. The van der Waals surface area contributed by atoms with Crippen molar-refractivity contribution in [2.45, 2.75) is 27.2 Å². The van der Waals surface area contributed by atoms with Crippen molar-refractivity contribution >= 4 is 17.9 Å². The molecule has 0 radical (unpaired) electrons. The van der Waals surface area contributed by atoms with Gasteiger partial charge >= 0.3 is 12.0 Å². The number of ether oxygens (including phenoxy) is 1. The third kappa shape index (κ3) is 9.84. The third-order valence-electron chi connectivity index (χ3n) is 2.86. The van der Waals surface area contributed by atoms with E-state index in [1.807, 2.05) is 0 Å². The molecule has 0 spiro atoms. The first kappa shape index (κ1) is 19.4. The molecule has 7 nitrogen and oxygen atoms in total. The van der Waals surface area contributed by atoms with Gasteiger partial charge in [0.05, 0.1) is 19.6 Å². The fraction of sp³-hybridized carbons (Fsp3) is 0.786. The number of nitrogens with zero attached hydrogens (tertiary/aromatic N) is 1. The molecular weight excluding hydrogens is 274 g/mol. The highest BCUT2D eigenvalue weighted by Crippen LogP contribution is 2.00. The van der Waals surface area contributed by atoms with E-state index in [9.17, 15) is 14.4 Å². The molecule has 0 aliphatic rings. The second-order valence-electron chi connectivity index (χ2n) is 5.61. The van der Waals surface area contributed by atoms with Crippen LogP contribution < -0.4 is 10.6 Å². The minimum absolute atomic E-state index is 0.0406. The smallest absolute Gasteiger partial charge is 0.321 e. The van der Waals surface area contributed by atoms with Crippen molar-refractivity contribution < 1.29 is 19.1 Å². The highest BCUT2D eigenvalue weighted by Gasteiger charge is 2.17. The largest absolute Gasteiger partial charge is 0.469 e. The van der Waals surface area contributed by atoms with Crippen LogP contribution in [0.2, 0.25) is 0 Å². The van der Waals surface area contributed by atoms with Crippen molar-refractivity contribution in [1.29, 1.82) is 0 Å². The van der Waals surface area contributed by atoms with Gasteiger partial charge in [-0.3, -0.25) is 19.8 Å². The number of carbonyl (C=O) groups is 3. The standard InChI is InChI=1S/C14H27N3O4/c1-10(2)6-7-15-14(20)16-12(18)9-17(4)8-11(3)13(19)21-5/h10-11H,6-9H2,1-5H3,(H2,15,16,18,20). The van der Waals surface area contributed by atoms with Gasteiger partial charge in [0.2, 0.25) is 5.91 Å². The molecule has 0 aromatic heterocycles. The molecule has 21 heavy (non-hydrogen) atoms. The zero-order chi connectivity index (χ0) is 16.4.